The van der Waals surface area contributed by atoms with Crippen LogP contribution in [0, 0.1) is 12.3 Å². The van der Waals surface area contributed by atoms with Crippen molar-refractivity contribution in [2.45, 2.75) is 92.4 Å². The van der Waals surface area contributed by atoms with Gasteiger partial charge in [0.25, 0.3) is 0 Å². The van der Waals surface area contributed by atoms with Gasteiger partial charge >= 0.3 is 0 Å². The third-order valence-corrected chi connectivity index (χ3v) is 10.8. The quantitative estimate of drug-likeness (QED) is 0.0829. The molecule has 2 N–H and O–H groups in total. The third-order valence-electron chi connectivity index (χ3n) is 6.79. The normalized spacial score (nSPS) is 14.4. The van der Waals surface area contributed by atoms with Crippen molar-refractivity contribution in [2.24, 2.45) is 5.41 Å². The molecule has 0 aliphatic carbocycles. The lowest BCUT2D eigenvalue weighted by molar-refractivity contribution is -0.104. The smallest absolute Gasteiger partial charge is 0.198 e. The minimum atomic E-state index is -2.33. The third kappa shape index (κ3) is 7.79. The van der Waals surface area contributed by atoms with E-state index in [1.54, 1.807) is 13.0 Å². The highest BCUT2D eigenvalue weighted by atomic mass is 79.9. The Morgan fingerprint density at radius 1 is 1.24 bits per heavy atom. The Balaban J connectivity index is 3.31. The van der Waals surface area contributed by atoms with Gasteiger partial charge in [-0.2, -0.15) is 0 Å². The second-order valence-electron chi connectivity index (χ2n) is 11.0. The Morgan fingerprint density at radius 3 is 2.27 bits per heavy atom. The summed E-state index contributed by atoms with van der Waals surface area (Å²) in [5, 5.41) is 3.32. The largest absolute Gasteiger partial charge is 0.494 e. The van der Waals surface area contributed by atoms with E-state index in [9.17, 15) is 14.4 Å². The number of hydrogen-bond acceptors (Lipinski definition) is 5. The van der Waals surface area contributed by atoms with E-state index in [0.717, 1.165) is 17.3 Å². The van der Waals surface area contributed by atoms with Crippen molar-refractivity contribution in [1.82, 2.24) is 5.32 Å². The highest BCUT2D eigenvalue weighted by Gasteiger charge is 2.39. The first-order valence-corrected chi connectivity index (χ1v) is 15.3. The molecule has 5 nitrogen and oxygen atoms in total. The van der Waals surface area contributed by atoms with Crippen molar-refractivity contribution in [2.75, 3.05) is 6.61 Å². The van der Waals surface area contributed by atoms with Crippen LogP contribution >= 0.6 is 15.9 Å². The molecule has 0 aliphatic rings. The number of ether oxygens (including phenoxy) is 1. The highest BCUT2D eigenvalue weighted by Crippen LogP contribution is 2.41. The standard InChI is InChI=1S/C26H42BrNO4Si/c1-11-32-22-15-19(27)14-20(17(22)2)24(30)21(16-29)18(3)28-23(25(4,5)6)12-13-26(7,8)33(9,10)31/h14-16,23,28,31H,11-13H2,1-10H3/b21-18+. The van der Waals surface area contributed by atoms with Crippen LogP contribution < -0.4 is 10.1 Å². The van der Waals surface area contributed by atoms with E-state index >= 15 is 0 Å². The van der Waals surface area contributed by atoms with Crippen LogP contribution in [0.15, 0.2) is 27.9 Å². The molecular weight excluding hydrogens is 498 g/mol. The maximum Gasteiger partial charge on any atom is 0.198 e. The number of ketones is 1. The molecule has 1 aromatic carbocycles. The number of Topliss-reactive ketones (excluding diaryl/α,β-unsaturated/α-hetero) is 1. The number of allylic oxidation sites excluding steroid dienone is 2. The van der Waals surface area contributed by atoms with E-state index in [2.05, 4.69) is 55.9 Å². The number of aldehydes is 1. The van der Waals surface area contributed by atoms with Gasteiger partial charge in [0, 0.05) is 27.3 Å². The lowest BCUT2D eigenvalue weighted by Crippen LogP contribution is -2.43. The zero-order valence-electron chi connectivity index (χ0n) is 22.0. The van der Waals surface area contributed by atoms with E-state index in [1.165, 1.54) is 0 Å². The second kappa shape index (κ2) is 11.3. The molecule has 0 aliphatic heterocycles. The summed E-state index contributed by atoms with van der Waals surface area (Å²) < 4.78 is 6.39. The van der Waals surface area contributed by atoms with Crippen molar-refractivity contribution in [3.8, 4) is 5.75 Å². The SMILES string of the molecule is CCOc1cc(Br)cc(C(=O)/C(C=O)=C(\C)NC(CCC(C)(C)[Si](C)(C)O)C(C)(C)C)c1C. The molecule has 0 aromatic heterocycles. The molecule has 0 heterocycles. The summed E-state index contributed by atoms with van der Waals surface area (Å²) in [6.07, 6.45) is 2.30. The van der Waals surface area contributed by atoms with Gasteiger partial charge < -0.3 is 14.8 Å². The first-order chi connectivity index (χ1) is 15.0. The fourth-order valence-electron chi connectivity index (χ4n) is 3.52. The molecule has 0 amide bonds. The van der Waals surface area contributed by atoms with Gasteiger partial charge in [-0.3, -0.25) is 9.59 Å². The van der Waals surface area contributed by atoms with Crippen LogP contribution in [0.2, 0.25) is 18.1 Å². The van der Waals surface area contributed by atoms with Crippen molar-refractivity contribution in [3.63, 3.8) is 0 Å². The topological polar surface area (TPSA) is 75.6 Å². The van der Waals surface area contributed by atoms with Gasteiger partial charge in [0.1, 0.15) is 5.75 Å². The number of benzene rings is 1. The molecule has 1 unspecified atom stereocenters. The lowest BCUT2D eigenvalue weighted by atomic mass is 9.82. The van der Waals surface area contributed by atoms with Crippen LogP contribution in [0.1, 0.15) is 77.2 Å². The molecule has 0 saturated heterocycles. The monoisotopic (exact) mass is 539 g/mol. The van der Waals surface area contributed by atoms with Crippen molar-refractivity contribution >= 4 is 36.3 Å². The van der Waals surface area contributed by atoms with Gasteiger partial charge in [-0.05, 0) is 69.3 Å². The van der Waals surface area contributed by atoms with Crippen LogP contribution in [-0.4, -0.2) is 37.8 Å². The molecule has 0 spiro atoms. The fraction of sp³-hybridized carbons (Fsp3) is 0.615. The van der Waals surface area contributed by atoms with Crippen LogP contribution in [0.3, 0.4) is 0 Å². The Labute approximate surface area is 209 Å². The number of carbonyl (C=O) groups is 2. The molecule has 0 fully saturated rings. The predicted molar refractivity (Wildman–Crippen MR) is 142 cm³/mol. The van der Waals surface area contributed by atoms with E-state index < -0.39 is 8.32 Å². The summed E-state index contributed by atoms with van der Waals surface area (Å²) in [5.41, 5.74) is 1.72. The zero-order chi connectivity index (χ0) is 25.8. The van der Waals surface area contributed by atoms with Crippen LogP contribution in [0.4, 0.5) is 0 Å². The molecule has 0 saturated carbocycles. The minimum Gasteiger partial charge on any atom is -0.494 e. The highest BCUT2D eigenvalue weighted by molar-refractivity contribution is 9.10. The lowest BCUT2D eigenvalue weighted by Gasteiger charge is -2.39. The molecule has 1 rings (SSSR count). The zero-order valence-corrected chi connectivity index (χ0v) is 24.6. The molecule has 0 radical (unpaired) electrons. The average Bonchev–Trinajstić information content (AvgIpc) is 2.66. The summed E-state index contributed by atoms with van der Waals surface area (Å²) in [5.74, 6) is 0.295. The Kier molecular flexibility index (Phi) is 10.2. The number of nitrogens with one attached hydrogen (secondary N) is 1. The van der Waals surface area contributed by atoms with Crippen LogP contribution in [-0.2, 0) is 4.79 Å². The number of halogens is 1. The van der Waals surface area contributed by atoms with Gasteiger partial charge in [0.05, 0.1) is 12.2 Å². The maximum atomic E-state index is 13.4. The van der Waals surface area contributed by atoms with Gasteiger partial charge in [-0.1, -0.05) is 50.5 Å². The first-order valence-electron chi connectivity index (χ1n) is 11.6. The van der Waals surface area contributed by atoms with E-state index in [-0.39, 0.29) is 27.9 Å². The predicted octanol–water partition coefficient (Wildman–Crippen LogP) is 6.57. The summed E-state index contributed by atoms with van der Waals surface area (Å²) in [6, 6.07) is 3.58. The summed E-state index contributed by atoms with van der Waals surface area (Å²) in [4.78, 5) is 36.1. The van der Waals surface area contributed by atoms with Gasteiger partial charge in [-0.15, -0.1) is 0 Å². The van der Waals surface area contributed by atoms with Crippen molar-refractivity contribution < 1.29 is 19.1 Å². The molecule has 1 atom stereocenters. The minimum absolute atomic E-state index is 0.0264. The Morgan fingerprint density at radius 2 is 1.82 bits per heavy atom. The molecule has 186 valence electrons. The van der Waals surface area contributed by atoms with E-state index in [0.29, 0.717) is 35.5 Å². The molecule has 0 bridgehead atoms. The van der Waals surface area contributed by atoms with Gasteiger partial charge in [-0.25, -0.2) is 0 Å². The maximum absolute atomic E-state index is 13.4. The van der Waals surface area contributed by atoms with Gasteiger partial charge in [0.2, 0.25) is 0 Å². The Hall–Kier alpha value is -1.44. The summed E-state index contributed by atoms with van der Waals surface area (Å²) >= 11 is 3.45. The van der Waals surface area contributed by atoms with E-state index in [1.807, 2.05) is 33.0 Å². The number of hydrogen-bond donors (Lipinski definition) is 2. The first kappa shape index (κ1) is 29.6. The van der Waals surface area contributed by atoms with Crippen molar-refractivity contribution in [1.29, 1.82) is 0 Å². The number of carbonyl (C=O) groups excluding carboxylic acids is 2. The molecule has 7 heteroatoms. The Bertz CT molecular complexity index is 895. The second-order valence-corrected chi connectivity index (χ2v) is 16.4. The summed E-state index contributed by atoms with van der Waals surface area (Å²) in [7, 11) is -2.33. The van der Waals surface area contributed by atoms with Gasteiger partial charge in [0.15, 0.2) is 20.4 Å². The fourth-order valence-corrected chi connectivity index (χ4v) is 4.72. The molecular formula is C26H42BrNO4Si. The number of rotatable bonds is 11. The van der Waals surface area contributed by atoms with Crippen LogP contribution in [0.25, 0.3) is 0 Å². The molecule has 33 heavy (non-hydrogen) atoms. The average molecular weight is 541 g/mol. The van der Waals surface area contributed by atoms with Crippen LogP contribution in [0.5, 0.6) is 5.75 Å². The van der Waals surface area contributed by atoms with E-state index in [4.69, 9.17) is 4.74 Å². The summed E-state index contributed by atoms with van der Waals surface area (Å²) in [6.45, 7) is 20.6. The molecule has 1 aromatic rings. The van der Waals surface area contributed by atoms with Crippen molar-refractivity contribution in [3.05, 3.63) is 39.0 Å².